The van der Waals surface area contributed by atoms with Gasteiger partial charge < -0.3 is 13.7 Å². The first kappa shape index (κ1) is 11.4. The number of halogens is 1. The van der Waals surface area contributed by atoms with Crippen LogP contribution < -0.4 is 0 Å². The standard InChI is InChI=1S/C13H12ClNO3/c14-12-6-5-11(18-12)13(16)15(9-3-4-9)8-10-2-1-7-17-10/h1-2,5-7,9H,3-4,8H2. The van der Waals surface area contributed by atoms with Gasteiger partial charge in [-0.3, -0.25) is 4.79 Å². The fourth-order valence-corrected chi connectivity index (χ4v) is 2.04. The van der Waals surface area contributed by atoms with Crippen molar-refractivity contribution < 1.29 is 13.6 Å². The van der Waals surface area contributed by atoms with Crippen molar-refractivity contribution in [1.82, 2.24) is 4.90 Å². The summed E-state index contributed by atoms with van der Waals surface area (Å²) in [5, 5.41) is 0.229. The lowest BCUT2D eigenvalue weighted by molar-refractivity contribution is 0.0685. The molecule has 0 aromatic carbocycles. The molecule has 0 atom stereocenters. The van der Waals surface area contributed by atoms with Crippen molar-refractivity contribution in [2.45, 2.75) is 25.4 Å². The molecule has 5 heteroatoms. The molecule has 18 heavy (non-hydrogen) atoms. The molecule has 4 nitrogen and oxygen atoms in total. The van der Waals surface area contributed by atoms with E-state index in [9.17, 15) is 4.79 Å². The Hall–Kier alpha value is -1.68. The van der Waals surface area contributed by atoms with Crippen molar-refractivity contribution in [3.63, 3.8) is 0 Å². The fraction of sp³-hybridized carbons (Fsp3) is 0.308. The molecule has 0 spiro atoms. The summed E-state index contributed by atoms with van der Waals surface area (Å²) in [5.74, 6) is 0.909. The highest BCUT2D eigenvalue weighted by Gasteiger charge is 2.34. The Labute approximate surface area is 109 Å². The molecule has 94 valence electrons. The van der Waals surface area contributed by atoms with Crippen LogP contribution in [0.3, 0.4) is 0 Å². The van der Waals surface area contributed by atoms with Crippen LogP contribution in [0.5, 0.6) is 0 Å². The molecule has 0 saturated heterocycles. The van der Waals surface area contributed by atoms with Crippen molar-refractivity contribution in [3.05, 3.63) is 47.3 Å². The van der Waals surface area contributed by atoms with E-state index in [4.69, 9.17) is 20.4 Å². The monoisotopic (exact) mass is 265 g/mol. The molecule has 0 unspecified atom stereocenters. The predicted octanol–water partition coefficient (Wildman–Crippen LogP) is 3.33. The van der Waals surface area contributed by atoms with E-state index in [0.717, 1.165) is 18.6 Å². The summed E-state index contributed by atoms with van der Waals surface area (Å²) in [6.07, 6.45) is 3.66. The summed E-state index contributed by atoms with van der Waals surface area (Å²) in [7, 11) is 0. The zero-order chi connectivity index (χ0) is 12.5. The van der Waals surface area contributed by atoms with E-state index in [0.29, 0.717) is 6.54 Å². The Balaban J connectivity index is 1.79. The van der Waals surface area contributed by atoms with Gasteiger partial charge in [0.2, 0.25) is 0 Å². The van der Waals surface area contributed by atoms with Crippen LogP contribution in [0.4, 0.5) is 0 Å². The van der Waals surface area contributed by atoms with Crippen LogP contribution in [-0.2, 0) is 6.54 Å². The molecule has 3 rings (SSSR count). The van der Waals surface area contributed by atoms with E-state index in [2.05, 4.69) is 0 Å². The van der Waals surface area contributed by atoms with Gasteiger partial charge in [0.25, 0.3) is 5.91 Å². The van der Waals surface area contributed by atoms with E-state index < -0.39 is 0 Å². The average Bonchev–Trinajstić information content (AvgIpc) is 2.88. The molecule has 0 aliphatic heterocycles. The van der Waals surface area contributed by atoms with Gasteiger partial charge in [-0.2, -0.15) is 0 Å². The van der Waals surface area contributed by atoms with Gasteiger partial charge in [-0.15, -0.1) is 0 Å². The summed E-state index contributed by atoms with van der Waals surface area (Å²) >= 11 is 5.69. The number of rotatable bonds is 4. The molecule has 2 aromatic rings. The average molecular weight is 266 g/mol. The number of hydrogen-bond donors (Lipinski definition) is 0. The largest absolute Gasteiger partial charge is 0.467 e. The van der Waals surface area contributed by atoms with Gasteiger partial charge in [-0.25, -0.2) is 0 Å². The lowest BCUT2D eigenvalue weighted by Crippen LogP contribution is -2.32. The third kappa shape index (κ3) is 2.29. The van der Waals surface area contributed by atoms with Gasteiger partial charge in [0.15, 0.2) is 11.0 Å². The molecule has 1 saturated carbocycles. The van der Waals surface area contributed by atoms with E-state index in [1.807, 2.05) is 12.1 Å². The minimum Gasteiger partial charge on any atom is -0.467 e. The maximum absolute atomic E-state index is 12.3. The van der Waals surface area contributed by atoms with Gasteiger partial charge in [-0.1, -0.05) is 0 Å². The molecule has 2 heterocycles. The van der Waals surface area contributed by atoms with E-state index >= 15 is 0 Å². The Morgan fingerprint density at radius 2 is 2.22 bits per heavy atom. The predicted molar refractivity (Wildman–Crippen MR) is 65.3 cm³/mol. The smallest absolute Gasteiger partial charge is 0.290 e. The molecule has 1 aliphatic rings. The Kier molecular flexibility index (Phi) is 2.88. The summed E-state index contributed by atoms with van der Waals surface area (Å²) < 4.78 is 10.4. The molecule has 0 radical (unpaired) electrons. The number of furan rings is 2. The summed E-state index contributed by atoms with van der Waals surface area (Å²) in [5.41, 5.74) is 0. The highest BCUT2D eigenvalue weighted by Crippen LogP contribution is 2.30. The quantitative estimate of drug-likeness (QED) is 0.852. The summed E-state index contributed by atoms with van der Waals surface area (Å²) in [6.45, 7) is 0.467. The molecule has 1 aliphatic carbocycles. The molecular weight excluding hydrogens is 254 g/mol. The number of nitrogens with zero attached hydrogens (tertiary/aromatic N) is 1. The summed E-state index contributed by atoms with van der Waals surface area (Å²) in [4.78, 5) is 14.1. The lowest BCUT2D eigenvalue weighted by atomic mass is 10.3. The van der Waals surface area contributed by atoms with E-state index in [1.165, 1.54) is 0 Å². The van der Waals surface area contributed by atoms with Gasteiger partial charge in [0, 0.05) is 6.04 Å². The van der Waals surface area contributed by atoms with Gasteiger partial charge in [0.05, 0.1) is 12.8 Å². The fourth-order valence-electron chi connectivity index (χ4n) is 1.89. The number of hydrogen-bond acceptors (Lipinski definition) is 3. The molecule has 2 aromatic heterocycles. The second-order valence-electron chi connectivity index (χ2n) is 4.35. The van der Waals surface area contributed by atoms with Crippen LogP contribution in [0.2, 0.25) is 5.22 Å². The van der Waals surface area contributed by atoms with Crippen molar-refractivity contribution in [2.75, 3.05) is 0 Å². The molecule has 0 bridgehead atoms. The maximum Gasteiger partial charge on any atom is 0.290 e. The molecular formula is C13H12ClNO3. The number of amides is 1. The van der Waals surface area contributed by atoms with Crippen LogP contribution in [0.25, 0.3) is 0 Å². The zero-order valence-electron chi connectivity index (χ0n) is 9.64. The summed E-state index contributed by atoms with van der Waals surface area (Å²) in [6, 6.07) is 7.13. The first-order valence-electron chi connectivity index (χ1n) is 5.83. The number of carbonyl (C=O) groups excluding carboxylic acids is 1. The Bertz CT molecular complexity index is 542. The van der Waals surface area contributed by atoms with Crippen LogP contribution >= 0.6 is 11.6 Å². The SMILES string of the molecule is O=C(c1ccc(Cl)o1)N(Cc1ccco1)C1CC1. The molecule has 0 N–H and O–H groups in total. The van der Waals surface area contributed by atoms with Crippen molar-refractivity contribution in [2.24, 2.45) is 0 Å². The Morgan fingerprint density at radius 1 is 1.39 bits per heavy atom. The molecule has 1 amide bonds. The second kappa shape index (κ2) is 4.53. The van der Waals surface area contributed by atoms with E-state index in [1.54, 1.807) is 23.3 Å². The van der Waals surface area contributed by atoms with Crippen LogP contribution in [-0.4, -0.2) is 16.8 Å². The third-order valence-corrected chi connectivity index (χ3v) is 3.14. The normalized spacial score (nSPS) is 14.7. The van der Waals surface area contributed by atoms with E-state index in [-0.39, 0.29) is 22.9 Å². The third-order valence-electron chi connectivity index (χ3n) is 2.94. The highest BCUT2D eigenvalue weighted by molar-refractivity contribution is 6.29. The number of carbonyl (C=O) groups is 1. The topological polar surface area (TPSA) is 46.6 Å². The van der Waals surface area contributed by atoms with Crippen molar-refractivity contribution in [1.29, 1.82) is 0 Å². The van der Waals surface area contributed by atoms with Crippen LogP contribution in [0, 0.1) is 0 Å². The first-order valence-corrected chi connectivity index (χ1v) is 6.20. The van der Waals surface area contributed by atoms with Crippen molar-refractivity contribution >= 4 is 17.5 Å². The van der Waals surface area contributed by atoms with Gasteiger partial charge >= 0.3 is 0 Å². The Morgan fingerprint density at radius 3 is 2.78 bits per heavy atom. The minimum absolute atomic E-state index is 0.138. The highest BCUT2D eigenvalue weighted by atomic mass is 35.5. The second-order valence-corrected chi connectivity index (χ2v) is 4.72. The minimum atomic E-state index is -0.138. The van der Waals surface area contributed by atoms with Crippen LogP contribution in [0.1, 0.15) is 29.2 Å². The van der Waals surface area contributed by atoms with Crippen LogP contribution in [0.15, 0.2) is 39.4 Å². The van der Waals surface area contributed by atoms with Gasteiger partial charge in [0.1, 0.15) is 5.76 Å². The first-order chi connectivity index (χ1) is 8.74. The molecule has 1 fully saturated rings. The zero-order valence-corrected chi connectivity index (χ0v) is 10.4. The lowest BCUT2D eigenvalue weighted by Gasteiger charge is -2.19. The van der Waals surface area contributed by atoms with Crippen molar-refractivity contribution in [3.8, 4) is 0 Å². The van der Waals surface area contributed by atoms with Gasteiger partial charge in [-0.05, 0) is 48.7 Å². The maximum atomic E-state index is 12.3.